The summed E-state index contributed by atoms with van der Waals surface area (Å²) in [6, 6.07) is 0. The van der Waals surface area contributed by atoms with Crippen molar-refractivity contribution in [2.45, 2.75) is 90.9 Å². The van der Waals surface area contributed by atoms with E-state index in [1.807, 2.05) is 0 Å². The normalized spacial score (nSPS) is 10.5. The predicted molar refractivity (Wildman–Crippen MR) is 76.0 cm³/mol. The van der Waals surface area contributed by atoms with Crippen molar-refractivity contribution in [1.82, 2.24) is 0 Å². The van der Waals surface area contributed by atoms with Gasteiger partial charge in [-0.15, -0.1) is 0 Å². The average molecular weight is 241 g/mol. The Kier molecular flexibility index (Phi) is 13.1. The predicted octanol–water partition coefficient (Wildman–Crippen LogP) is 5.54. The van der Waals surface area contributed by atoms with E-state index in [2.05, 4.69) is 19.0 Å². The molecule has 0 aliphatic rings. The minimum atomic E-state index is 0.994. The zero-order chi connectivity index (χ0) is 12.8. The van der Waals surface area contributed by atoms with Gasteiger partial charge in [0.2, 0.25) is 0 Å². The summed E-state index contributed by atoms with van der Waals surface area (Å²) in [5.41, 5.74) is 1.01. The maximum atomic E-state index is 8.92. The van der Waals surface area contributed by atoms with Crippen molar-refractivity contribution < 1.29 is 5.21 Å². The second kappa shape index (κ2) is 13.5. The molecule has 0 fully saturated rings. The Labute approximate surface area is 107 Å². The van der Waals surface area contributed by atoms with Crippen molar-refractivity contribution in [3.05, 3.63) is 0 Å². The van der Waals surface area contributed by atoms with E-state index >= 15 is 0 Å². The summed E-state index contributed by atoms with van der Waals surface area (Å²) in [7, 11) is 0. The summed E-state index contributed by atoms with van der Waals surface area (Å²) < 4.78 is 0. The van der Waals surface area contributed by atoms with Crippen molar-refractivity contribution in [3.63, 3.8) is 0 Å². The van der Waals surface area contributed by atoms with Crippen molar-refractivity contribution in [3.8, 4) is 0 Å². The Bertz CT molecular complexity index is 162. The van der Waals surface area contributed by atoms with E-state index in [1.165, 1.54) is 64.2 Å². The van der Waals surface area contributed by atoms with Crippen LogP contribution >= 0.6 is 0 Å². The van der Waals surface area contributed by atoms with E-state index in [9.17, 15) is 0 Å². The molecule has 17 heavy (non-hydrogen) atoms. The zero-order valence-corrected chi connectivity index (χ0v) is 11.9. The fraction of sp³-hybridized carbons (Fsp3) is 0.933. The van der Waals surface area contributed by atoms with Gasteiger partial charge >= 0.3 is 0 Å². The van der Waals surface area contributed by atoms with Crippen LogP contribution in [0.2, 0.25) is 0 Å². The fourth-order valence-corrected chi connectivity index (χ4v) is 2.09. The summed E-state index contributed by atoms with van der Waals surface area (Å²) in [6.45, 7) is 4.47. The molecular formula is C15H31NO. The summed E-state index contributed by atoms with van der Waals surface area (Å²) in [6.07, 6.45) is 14.8. The SMILES string of the molecule is CCCCCCCC(CCCCCCC)=NO. The van der Waals surface area contributed by atoms with Gasteiger partial charge in [-0.1, -0.05) is 70.4 Å². The maximum Gasteiger partial charge on any atom is 0.0570 e. The number of nitrogens with zero attached hydrogens (tertiary/aromatic N) is 1. The van der Waals surface area contributed by atoms with Gasteiger partial charge in [0.25, 0.3) is 0 Å². The Morgan fingerprint density at radius 1 is 0.706 bits per heavy atom. The van der Waals surface area contributed by atoms with E-state index < -0.39 is 0 Å². The molecule has 2 heteroatoms. The highest BCUT2D eigenvalue weighted by Crippen LogP contribution is 2.11. The molecule has 0 aromatic carbocycles. The van der Waals surface area contributed by atoms with Crippen LogP contribution in [0.5, 0.6) is 0 Å². The standard InChI is InChI=1S/C15H31NO/c1-3-5-7-9-11-13-15(16-17)14-12-10-8-6-4-2/h17H,3-14H2,1-2H3. The van der Waals surface area contributed by atoms with Crippen LogP contribution < -0.4 is 0 Å². The van der Waals surface area contributed by atoms with Gasteiger partial charge in [-0.05, 0) is 25.7 Å². The molecule has 0 heterocycles. The fourth-order valence-electron chi connectivity index (χ4n) is 2.09. The third-order valence-electron chi connectivity index (χ3n) is 3.28. The molecule has 0 bridgehead atoms. The first-order chi connectivity index (χ1) is 8.35. The minimum absolute atomic E-state index is 0.994. The van der Waals surface area contributed by atoms with Crippen molar-refractivity contribution in [2.75, 3.05) is 0 Å². The molecule has 102 valence electrons. The Morgan fingerprint density at radius 2 is 1.12 bits per heavy atom. The van der Waals surface area contributed by atoms with E-state index in [-0.39, 0.29) is 0 Å². The largest absolute Gasteiger partial charge is 0.411 e. The van der Waals surface area contributed by atoms with E-state index in [0.29, 0.717) is 0 Å². The van der Waals surface area contributed by atoms with Gasteiger partial charge in [0, 0.05) is 0 Å². The molecule has 0 saturated carbocycles. The van der Waals surface area contributed by atoms with E-state index in [1.54, 1.807) is 0 Å². The Hall–Kier alpha value is -0.530. The van der Waals surface area contributed by atoms with Gasteiger partial charge in [0.15, 0.2) is 0 Å². The monoisotopic (exact) mass is 241 g/mol. The molecule has 1 N–H and O–H groups in total. The van der Waals surface area contributed by atoms with Crippen LogP contribution in [-0.2, 0) is 0 Å². The molecular weight excluding hydrogens is 210 g/mol. The van der Waals surface area contributed by atoms with Crippen LogP contribution in [0.3, 0.4) is 0 Å². The molecule has 0 radical (unpaired) electrons. The quantitative estimate of drug-likeness (QED) is 0.207. The molecule has 0 aromatic heterocycles. The van der Waals surface area contributed by atoms with Crippen molar-refractivity contribution in [2.24, 2.45) is 5.16 Å². The summed E-state index contributed by atoms with van der Waals surface area (Å²) >= 11 is 0. The molecule has 0 aliphatic carbocycles. The molecule has 0 unspecified atom stereocenters. The first-order valence-corrected chi connectivity index (χ1v) is 7.54. The molecule has 0 amide bonds. The van der Waals surface area contributed by atoms with Gasteiger partial charge < -0.3 is 5.21 Å². The summed E-state index contributed by atoms with van der Waals surface area (Å²) in [5.74, 6) is 0. The first-order valence-electron chi connectivity index (χ1n) is 7.54. The van der Waals surface area contributed by atoms with Crippen molar-refractivity contribution >= 4 is 5.71 Å². The summed E-state index contributed by atoms with van der Waals surface area (Å²) in [5, 5.41) is 12.4. The lowest BCUT2D eigenvalue weighted by Gasteiger charge is -2.04. The van der Waals surface area contributed by atoms with Gasteiger partial charge in [0.1, 0.15) is 0 Å². The third kappa shape index (κ3) is 11.7. The molecule has 0 atom stereocenters. The van der Waals surface area contributed by atoms with E-state index in [0.717, 1.165) is 18.6 Å². The van der Waals surface area contributed by atoms with Gasteiger partial charge in [0.05, 0.1) is 5.71 Å². The van der Waals surface area contributed by atoms with Crippen LogP contribution in [0.1, 0.15) is 90.9 Å². The van der Waals surface area contributed by atoms with Crippen LogP contribution in [0, 0.1) is 0 Å². The number of oxime groups is 1. The second-order valence-corrected chi connectivity index (χ2v) is 4.99. The maximum absolute atomic E-state index is 8.92. The molecule has 0 spiro atoms. The second-order valence-electron chi connectivity index (χ2n) is 4.99. The highest BCUT2D eigenvalue weighted by molar-refractivity contribution is 5.83. The number of hydrogen-bond donors (Lipinski definition) is 1. The summed E-state index contributed by atoms with van der Waals surface area (Å²) in [4.78, 5) is 0. The lowest BCUT2D eigenvalue weighted by molar-refractivity contribution is 0.315. The van der Waals surface area contributed by atoms with Crippen LogP contribution in [0.15, 0.2) is 5.16 Å². The molecule has 2 nitrogen and oxygen atoms in total. The lowest BCUT2D eigenvalue weighted by atomic mass is 10.0. The van der Waals surface area contributed by atoms with Gasteiger partial charge in [-0.25, -0.2) is 0 Å². The molecule has 0 rings (SSSR count). The highest BCUT2D eigenvalue weighted by atomic mass is 16.4. The highest BCUT2D eigenvalue weighted by Gasteiger charge is 2.00. The number of unbranched alkanes of at least 4 members (excludes halogenated alkanes) is 8. The molecule has 0 aromatic rings. The third-order valence-corrected chi connectivity index (χ3v) is 3.28. The van der Waals surface area contributed by atoms with E-state index in [4.69, 9.17) is 5.21 Å². The smallest absolute Gasteiger partial charge is 0.0570 e. The lowest BCUT2D eigenvalue weighted by Crippen LogP contribution is -1.99. The Morgan fingerprint density at radius 3 is 1.47 bits per heavy atom. The average Bonchev–Trinajstić information content (AvgIpc) is 2.36. The van der Waals surface area contributed by atoms with Gasteiger partial charge in [-0.2, -0.15) is 0 Å². The molecule has 0 saturated heterocycles. The first kappa shape index (κ1) is 16.5. The van der Waals surface area contributed by atoms with Crippen LogP contribution in [0.25, 0.3) is 0 Å². The zero-order valence-electron chi connectivity index (χ0n) is 11.9. The minimum Gasteiger partial charge on any atom is -0.411 e. The van der Waals surface area contributed by atoms with Crippen molar-refractivity contribution in [1.29, 1.82) is 0 Å². The number of hydrogen-bond acceptors (Lipinski definition) is 2. The van der Waals surface area contributed by atoms with Gasteiger partial charge in [-0.3, -0.25) is 0 Å². The molecule has 0 aliphatic heterocycles. The number of rotatable bonds is 12. The topological polar surface area (TPSA) is 32.6 Å². The Balaban J connectivity index is 3.37. The van der Waals surface area contributed by atoms with Crippen LogP contribution in [0.4, 0.5) is 0 Å². The van der Waals surface area contributed by atoms with Crippen LogP contribution in [-0.4, -0.2) is 10.9 Å².